The van der Waals surface area contributed by atoms with Crippen LogP contribution < -0.4 is 10.6 Å². The van der Waals surface area contributed by atoms with Crippen molar-refractivity contribution in [3.8, 4) is 5.69 Å². The number of benzene rings is 2. The highest BCUT2D eigenvalue weighted by Crippen LogP contribution is 2.11. The average Bonchev–Trinajstić information content (AvgIpc) is 3.33. The summed E-state index contributed by atoms with van der Waals surface area (Å²) in [6, 6.07) is 17.5. The zero-order chi connectivity index (χ0) is 20.8. The van der Waals surface area contributed by atoms with Gasteiger partial charge in [0.2, 0.25) is 0 Å². The molecular weight excluding hydrogens is 382 g/mol. The van der Waals surface area contributed by atoms with E-state index in [-0.39, 0.29) is 18.4 Å². The number of tetrazole rings is 1. The number of anilines is 1. The molecule has 0 radical (unpaired) electrons. The van der Waals surface area contributed by atoms with E-state index in [2.05, 4.69) is 31.1 Å². The summed E-state index contributed by atoms with van der Waals surface area (Å²) in [6.45, 7) is 0.282. The Bertz CT molecular complexity index is 1160. The number of carbonyl (C=O) groups is 2. The standard InChI is InChI=1S/C21H17N7O2/c29-20(17-5-2-6-19(12-17)28-14-24-26-27-28)23-13-15-3-1-4-16(11-15)21(30)25-18-7-9-22-10-8-18/h1-12,14H,13H2,(H,23,29)(H,22,25,30). The Balaban J connectivity index is 1.40. The predicted molar refractivity (Wildman–Crippen MR) is 109 cm³/mol. The van der Waals surface area contributed by atoms with Crippen LogP contribution in [0.1, 0.15) is 26.3 Å². The molecule has 0 fully saturated rings. The van der Waals surface area contributed by atoms with E-state index in [9.17, 15) is 9.59 Å². The zero-order valence-corrected chi connectivity index (χ0v) is 15.8. The largest absolute Gasteiger partial charge is 0.348 e. The van der Waals surface area contributed by atoms with Gasteiger partial charge in [-0.15, -0.1) is 5.10 Å². The van der Waals surface area contributed by atoms with Crippen LogP contribution in [0, 0.1) is 0 Å². The lowest BCUT2D eigenvalue weighted by molar-refractivity contribution is 0.0950. The topological polar surface area (TPSA) is 115 Å². The molecule has 0 aliphatic heterocycles. The second kappa shape index (κ2) is 8.74. The molecule has 148 valence electrons. The van der Waals surface area contributed by atoms with Gasteiger partial charge in [0.15, 0.2) is 0 Å². The van der Waals surface area contributed by atoms with Gasteiger partial charge in [0, 0.05) is 35.8 Å². The number of nitrogens with one attached hydrogen (secondary N) is 2. The Morgan fingerprint density at radius 2 is 1.67 bits per heavy atom. The summed E-state index contributed by atoms with van der Waals surface area (Å²) in [7, 11) is 0. The van der Waals surface area contributed by atoms with Gasteiger partial charge in [0.1, 0.15) is 6.33 Å². The van der Waals surface area contributed by atoms with Crippen LogP contribution in [0.25, 0.3) is 5.69 Å². The van der Waals surface area contributed by atoms with Gasteiger partial charge < -0.3 is 10.6 Å². The van der Waals surface area contributed by atoms with Crippen molar-refractivity contribution in [1.29, 1.82) is 0 Å². The number of pyridine rings is 1. The fourth-order valence-corrected chi connectivity index (χ4v) is 2.81. The summed E-state index contributed by atoms with van der Waals surface area (Å²) in [5, 5.41) is 16.7. The van der Waals surface area contributed by atoms with Crippen LogP contribution in [0.5, 0.6) is 0 Å². The molecule has 0 spiro atoms. The Kier molecular flexibility index (Phi) is 5.52. The monoisotopic (exact) mass is 399 g/mol. The molecule has 0 unspecified atom stereocenters. The second-order valence-corrected chi connectivity index (χ2v) is 6.38. The highest BCUT2D eigenvalue weighted by molar-refractivity contribution is 6.04. The lowest BCUT2D eigenvalue weighted by Gasteiger charge is -2.09. The van der Waals surface area contributed by atoms with E-state index < -0.39 is 0 Å². The van der Waals surface area contributed by atoms with Gasteiger partial charge in [-0.05, 0) is 58.5 Å². The van der Waals surface area contributed by atoms with Crippen molar-refractivity contribution in [3.05, 3.63) is 96.1 Å². The quantitative estimate of drug-likeness (QED) is 0.514. The van der Waals surface area contributed by atoms with Crippen molar-refractivity contribution in [3.63, 3.8) is 0 Å². The molecule has 2 N–H and O–H groups in total. The first-order valence-electron chi connectivity index (χ1n) is 9.11. The first kappa shape index (κ1) is 18.9. The molecule has 0 aliphatic rings. The Morgan fingerprint density at radius 3 is 2.43 bits per heavy atom. The second-order valence-electron chi connectivity index (χ2n) is 6.38. The van der Waals surface area contributed by atoms with Gasteiger partial charge in [0.05, 0.1) is 5.69 Å². The zero-order valence-electron chi connectivity index (χ0n) is 15.8. The van der Waals surface area contributed by atoms with Crippen molar-refractivity contribution in [2.24, 2.45) is 0 Å². The minimum absolute atomic E-state index is 0.233. The summed E-state index contributed by atoms with van der Waals surface area (Å²) in [5.41, 5.74) is 3.13. The molecule has 4 rings (SSSR count). The van der Waals surface area contributed by atoms with Crippen LogP contribution >= 0.6 is 0 Å². The number of amides is 2. The lowest BCUT2D eigenvalue weighted by Crippen LogP contribution is -2.23. The average molecular weight is 399 g/mol. The van der Waals surface area contributed by atoms with Gasteiger partial charge in [-0.25, -0.2) is 4.68 Å². The van der Waals surface area contributed by atoms with Crippen LogP contribution in [-0.4, -0.2) is 37.0 Å². The van der Waals surface area contributed by atoms with Crippen LogP contribution in [0.4, 0.5) is 5.69 Å². The number of hydrogen-bond acceptors (Lipinski definition) is 6. The van der Waals surface area contributed by atoms with Crippen molar-refractivity contribution in [1.82, 2.24) is 30.5 Å². The molecular formula is C21H17N7O2. The van der Waals surface area contributed by atoms with E-state index in [4.69, 9.17) is 0 Å². The highest BCUT2D eigenvalue weighted by atomic mass is 16.2. The van der Waals surface area contributed by atoms with Crippen LogP contribution in [-0.2, 0) is 6.54 Å². The third-order valence-electron chi connectivity index (χ3n) is 4.30. The third kappa shape index (κ3) is 4.53. The van der Waals surface area contributed by atoms with Gasteiger partial charge in [0.25, 0.3) is 11.8 Å². The number of rotatable bonds is 6. The normalized spacial score (nSPS) is 10.4. The summed E-state index contributed by atoms with van der Waals surface area (Å²) in [6.07, 6.45) is 4.67. The van der Waals surface area contributed by atoms with E-state index >= 15 is 0 Å². The molecule has 9 nitrogen and oxygen atoms in total. The van der Waals surface area contributed by atoms with Crippen LogP contribution in [0.3, 0.4) is 0 Å². The maximum atomic E-state index is 12.5. The summed E-state index contributed by atoms with van der Waals surface area (Å²) in [5.74, 6) is -0.472. The van der Waals surface area contributed by atoms with Crippen LogP contribution in [0.2, 0.25) is 0 Å². The molecule has 0 atom stereocenters. The third-order valence-corrected chi connectivity index (χ3v) is 4.30. The summed E-state index contributed by atoms with van der Waals surface area (Å²) >= 11 is 0. The van der Waals surface area contributed by atoms with E-state index in [1.165, 1.54) is 11.0 Å². The molecule has 30 heavy (non-hydrogen) atoms. The van der Waals surface area contributed by atoms with Gasteiger partial charge >= 0.3 is 0 Å². The van der Waals surface area contributed by atoms with E-state index in [1.807, 2.05) is 6.07 Å². The summed E-state index contributed by atoms with van der Waals surface area (Å²) < 4.78 is 1.47. The Hall–Kier alpha value is -4.40. The molecule has 0 aliphatic carbocycles. The molecule has 0 saturated carbocycles. The Labute approximate surface area is 171 Å². The smallest absolute Gasteiger partial charge is 0.255 e. The van der Waals surface area contributed by atoms with E-state index in [1.54, 1.807) is 67.0 Å². The maximum Gasteiger partial charge on any atom is 0.255 e. The molecule has 0 bridgehead atoms. The fraction of sp³-hybridized carbons (Fsp3) is 0.0476. The number of carbonyl (C=O) groups excluding carboxylic acids is 2. The molecule has 2 aromatic carbocycles. The Morgan fingerprint density at radius 1 is 0.900 bits per heavy atom. The molecule has 4 aromatic rings. The lowest BCUT2D eigenvalue weighted by atomic mass is 10.1. The number of aromatic nitrogens is 5. The number of nitrogens with zero attached hydrogens (tertiary/aromatic N) is 5. The first-order valence-corrected chi connectivity index (χ1v) is 9.11. The maximum absolute atomic E-state index is 12.5. The molecule has 9 heteroatoms. The highest BCUT2D eigenvalue weighted by Gasteiger charge is 2.10. The fourth-order valence-electron chi connectivity index (χ4n) is 2.81. The van der Waals surface area contributed by atoms with Crippen molar-refractivity contribution in [2.45, 2.75) is 6.54 Å². The van der Waals surface area contributed by atoms with Gasteiger partial charge in [-0.2, -0.15) is 0 Å². The van der Waals surface area contributed by atoms with Crippen molar-refractivity contribution >= 4 is 17.5 Å². The number of hydrogen-bond donors (Lipinski definition) is 2. The van der Waals surface area contributed by atoms with Crippen molar-refractivity contribution < 1.29 is 9.59 Å². The first-order chi connectivity index (χ1) is 14.7. The molecule has 2 heterocycles. The van der Waals surface area contributed by atoms with Gasteiger partial charge in [-0.1, -0.05) is 18.2 Å². The van der Waals surface area contributed by atoms with Gasteiger partial charge in [-0.3, -0.25) is 14.6 Å². The van der Waals surface area contributed by atoms with Crippen LogP contribution in [0.15, 0.2) is 79.4 Å². The van der Waals surface area contributed by atoms with E-state index in [0.717, 1.165) is 5.56 Å². The SMILES string of the molecule is O=C(NCc1cccc(C(=O)Nc2ccncc2)c1)c1cccc(-n2cnnn2)c1. The molecule has 2 amide bonds. The minimum atomic E-state index is -0.239. The molecule has 0 saturated heterocycles. The molecule has 2 aromatic heterocycles. The van der Waals surface area contributed by atoms with E-state index in [0.29, 0.717) is 22.5 Å². The minimum Gasteiger partial charge on any atom is -0.348 e. The predicted octanol–water partition coefficient (Wildman–Crippen LogP) is 2.24. The van der Waals surface area contributed by atoms with Crippen molar-refractivity contribution in [2.75, 3.05) is 5.32 Å². The summed E-state index contributed by atoms with van der Waals surface area (Å²) in [4.78, 5) is 28.9.